The Morgan fingerprint density at radius 3 is 2.67 bits per heavy atom. The fourth-order valence-corrected chi connectivity index (χ4v) is 2.32. The molecule has 0 aromatic carbocycles. The summed E-state index contributed by atoms with van der Waals surface area (Å²) in [5.74, 6) is -0.0568. The number of carbonyl (C=O) groups excluding carboxylic acids is 1. The maximum absolute atomic E-state index is 11.1. The van der Waals surface area contributed by atoms with Crippen LogP contribution in [0.1, 0.15) is 32.1 Å². The topological polar surface area (TPSA) is 64.3 Å². The number of ether oxygens (including phenoxy) is 1. The lowest BCUT2D eigenvalue weighted by Gasteiger charge is -2.28. The first kappa shape index (κ1) is 12.5. The monoisotopic (exact) mass is 214 g/mol. The lowest BCUT2D eigenvalue weighted by molar-refractivity contribution is -0.120. The third kappa shape index (κ3) is 3.80. The van der Waals surface area contributed by atoms with E-state index in [9.17, 15) is 4.79 Å². The van der Waals surface area contributed by atoms with E-state index < -0.39 is 0 Å². The number of rotatable bonds is 6. The third-order valence-corrected chi connectivity index (χ3v) is 3.35. The molecule has 4 heteroatoms. The van der Waals surface area contributed by atoms with Gasteiger partial charge < -0.3 is 15.8 Å². The Kier molecular flexibility index (Phi) is 5.05. The van der Waals surface area contributed by atoms with E-state index in [0.29, 0.717) is 0 Å². The van der Waals surface area contributed by atoms with Crippen molar-refractivity contribution in [2.24, 2.45) is 11.1 Å². The van der Waals surface area contributed by atoms with Gasteiger partial charge in [-0.05, 0) is 24.7 Å². The summed E-state index contributed by atoms with van der Waals surface area (Å²) in [7, 11) is 1.72. The second-order valence-electron chi connectivity index (χ2n) is 4.43. The van der Waals surface area contributed by atoms with Crippen LogP contribution in [0.25, 0.3) is 0 Å². The number of methoxy groups -OCH3 is 1. The molecule has 1 rings (SSSR count). The van der Waals surface area contributed by atoms with Crippen molar-refractivity contribution in [2.45, 2.75) is 32.1 Å². The molecule has 1 aliphatic carbocycles. The van der Waals surface area contributed by atoms with Crippen molar-refractivity contribution in [3.8, 4) is 0 Å². The summed E-state index contributed by atoms with van der Waals surface area (Å²) in [6.45, 7) is 1.62. The Hall–Kier alpha value is -0.610. The normalized spacial score (nSPS) is 19.1. The Labute approximate surface area is 91.5 Å². The van der Waals surface area contributed by atoms with E-state index in [0.717, 1.165) is 19.6 Å². The Morgan fingerprint density at radius 1 is 1.47 bits per heavy atom. The minimum atomic E-state index is -0.0568. The molecule has 0 aromatic heterocycles. The molecule has 0 heterocycles. The van der Waals surface area contributed by atoms with Crippen LogP contribution in [0.3, 0.4) is 0 Å². The van der Waals surface area contributed by atoms with Crippen LogP contribution < -0.4 is 11.1 Å². The predicted molar refractivity (Wildman–Crippen MR) is 59.5 cm³/mol. The molecule has 88 valence electrons. The van der Waals surface area contributed by atoms with Gasteiger partial charge in [-0.2, -0.15) is 0 Å². The molecule has 0 radical (unpaired) electrons. The first-order valence-electron chi connectivity index (χ1n) is 5.68. The fraction of sp³-hybridized carbons (Fsp3) is 0.909. The molecule has 0 aliphatic heterocycles. The average molecular weight is 214 g/mol. The Morgan fingerprint density at radius 2 is 2.13 bits per heavy atom. The van der Waals surface area contributed by atoms with Crippen molar-refractivity contribution in [1.82, 2.24) is 5.32 Å². The summed E-state index contributed by atoms with van der Waals surface area (Å²) < 4.78 is 5.12. The molecule has 3 N–H and O–H groups in total. The van der Waals surface area contributed by atoms with Crippen molar-refractivity contribution in [2.75, 3.05) is 26.8 Å². The maximum atomic E-state index is 11.1. The van der Waals surface area contributed by atoms with Crippen molar-refractivity contribution in [1.29, 1.82) is 0 Å². The highest BCUT2D eigenvalue weighted by atomic mass is 16.5. The van der Waals surface area contributed by atoms with Gasteiger partial charge in [-0.25, -0.2) is 0 Å². The van der Waals surface area contributed by atoms with E-state index in [1.165, 1.54) is 25.7 Å². The van der Waals surface area contributed by atoms with Gasteiger partial charge in [0.1, 0.15) is 0 Å². The van der Waals surface area contributed by atoms with E-state index in [1.54, 1.807) is 7.11 Å². The summed E-state index contributed by atoms with van der Waals surface area (Å²) in [5.41, 5.74) is 5.53. The number of nitrogens with one attached hydrogen (secondary N) is 1. The lowest BCUT2D eigenvalue weighted by atomic mass is 9.83. The molecule has 0 saturated heterocycles. The molecule has 1 aliphatic rings. The lowest BCUT2D eigenvalue weighted by Crippen LogP contribution is -2.39. The van der Waals surface area contributed by atoms with Crippen LogP contribution in [0.4, 0.5) is 0 Å². The second kappa shape index (κ2) is 6.08. The highest BCUT2D eigenvalue weighted by Gasteiger charge is 2.33. The van der Waals surface area contributed by atoms with Gasteiger partial charge >= 0.3 is 0 Å². The highest BCUT2D eigenvalue weighted by molar-refractivity contribution is 5.77. The smallest absolute Gasteiger partial charge is 0.233 e. The zero-order valence-electron chi connectivity index (χ0n) is 9.55. The van der Waals surface area contributed by atoms with Crippen LogP contribution in [0, 0.1) is 5.41 Å². The number of carbonyl (C=O) groups is 1. The molecule has 0 atom stereocenters. The molecule has 4 nitrogen and oxygen atoms in total. The molecule has 0 spiro atoms. The first-order valence-corrected chi connectivity index (χ1v) is 5.68. The fourth-order valence-electron chi connectivity index (χ4n) is 2.32. The molecule has 1 amide bonds. The quantitative estimate of drug-likeness (QED) is 0.682. The zero-order chi connectivity index (χ0) is 11.1. The van der Waals surface area contributed by atoms with Gasteiger partial charge in [-0.3, -0.25) is 4.79 Å². The standard InChI is InChI=1S/C11H22N2O2/c1-15-7-6-11(4-2-3-5-11)9-13-10(14)8-12/h2-9,12H2,1H3,(H,13,14). The van der Waals surface area contributed by atoms with Gasteiger partial charge in [0.15, 0.2) is 0 Å². The zero-order valence-corrected chi connectivity index (χ0v) is 9.55. The number of hydrogen-bond donors (Lipinski definition) is 2. The van der Waals surface area contributed by atoms with Crippen LogP contribution in [0.5, 0.6) is 0 Å². The van der Waals surface area contributed by atoms with E-state index in [4.69, 9.17) is 10.5 Å². The Balaban J connectivity index is 2.38. The van der Waals surface area contributed by atoms with Crippen molar-refractivity contribution >= 4 is 5.91 Å². The highest BCUT2D eigenvalue weighted by Crippen LogP contribution is 2.40. The van der Waals surface area contributed by atoms with Crippen LogP contribution in [0.15, 0.2) is 0 Å². The van der Waals surface area contributed by atoms with Crippen LogP contribution >= 0.6 is 0 Å². The summed E-state index contributed by atoms with van der Waals surface area (Å²) in [6, 6.07) is 0. The molecular formula is C11H22N2O2. The SMILES string of the molecule is COCCC1(CNC(=O)CN)CCCC1. The van der Waals surface area contributed by atoms with Crippen molar-refractivity contribution in [3.05, 3.63) is 0 Å². The summed E-state index contributed by atoms with van der Waals surface area (Å²) in [5, 5.41) is 2.90. The van der Waals surface area contributed by atoms with Crippen LogP contribution in [-0.2, 0) is 9.53 Å². The van der Waals surface area contributed by atoms with Crippen molar-refractivity contribution in [3.63, 3.8) is 0 Å². The summed E-state index contributed by atoms with van der Waals surface area (Å²) in [6.07, 6.45) is 5.96. The molecule has 1 saturated carbocycles. The molecule has 0 unspecified atom stereocenters. The summed E-state index contributed by atoms with van der Waals surface area (Å²) >= 11 is 0. The molecular weight excluding hydrogens is 192 g/mol. The van der Waals surface area contributed by atoms with E-state index in [-0.39, 0.29) is 17.9 Å². The Bertz CT molecular complexity index is 201. The van der Waals surface area contributed by atoms with Gasteiger partial charge in [-0.1, -0.05) is 12.8 Å². The molecule has 1 fully saturated rings. The first-order chi connectivity index (χ1) is 7.22. The minimum Gasteiger partial charge on any atom is -0.385 e. The van der Waals surface area contributed by atoms with Crippen LogP contribution in [-0.4, -0.2) is 32.7 Å². The largest absolute Gasteiger partial charge is 0.385 e. The van der Waals surface area contributed by atoms with Gasteiger partial charge in [0.25, 0.3) is 0 Å². The molecule has 0 aromatic rings. The minimum absolute atomic E-state index is 0.0568. The van der Waals surface area contributed by atoms with Gasteiger partial charge in [0, 0.05) is 20.3 Å². The molecule has 0 bridgehead atoms. The summed E-state index contributed by atoms with van der Waals surface area (Å²) in [4.78, 5) is 11.1. The third-order valence-electron chi connectivity index (χ3n) is 3.35. The molecule has 15 heavy (non-hydrogen) atoms. The average Bonchev–Trinajstić information content (AvgIpc) is 2.72. The predicted octanol–water partition coefficient (Wildman–Crippen LogP) is 0.658. The van der Waals surface area contributed by atoms with E-state index in [1.807, 2.05) is 0 Å². The second-order valence-corrected chi connectivity index (χ2v) is 4.43. The number of hydrogen-bond acceptors (Lipinski definition) is 3. The van der Waals surface area contributed by atoms with E-state index >= 15 is 0 Å². The van der Waals surface area contributed by atoms with Gasteiger partial charge in [0.2, 0.25) is 5.91 Å². The number of nitrogens with two attached hydrogens (primary N) is 1. The van der Waals surface area contributed by atoms with Gasteiger partial charge in [-0.15, -0.1) is 0 Å². The maximum Gasteiger partial charge on any atom is 0.233 e. The van der Waals surface area contributed by atoms with Gasteiger partial charge in [0.05, 0.1) is 6.54 Å². The number of amides is 1. The van der Waals surface area contributed by atoms with Crippen LogP contribution in [0.2, 0.25) is 0 Å². The van der Waals surface area contributed by atoms with E-state index in [2.05, 4.69) is 5.32 Å². The van der Waals surface area contributed by atoms with Crippen molar-refractivity contribution < 1.29 is 9.53 Å².